The van der Waals surface area contributed by atoms with E-state index in [0.29, 0.717) is 6.04 Å². The normalized spacial score (nSPS) is 37.7. The molecule has 2 N–H and O–H groups in total. The van der Waals surface area contributed by atoms with Gasteiger partial charge in [0.2, 0.25) is 0 Å². The van der Waals surface area contributed by atoms with Crippen molar-refractivity contribution in [2.75, 3.05) is 13.1 Å². The fourth-order valence-corrected chi connectivity index (χ4v) is 4.34. The van der Waals surface area contributed by atoms with Gasteiger partial charge in [-0.05, 0) is 76.3 Å². The second-order valence-corrected chi connectivity index (χ2v) is 7.15. The molecule has 0 radical (unpaired) electrons. The summed E-state index contributed by atoms with van der Waals surface area (Å²) in [5, 5.41) is 0. The van der Waals surface area contributed by atoms with Gasteiger partial charge in [-0.1, -0.05) is 12.8 Å². The zero-order valence-electron chi connectivity index (χ0n) is 12.0. The van der Waals surface area contributed by atoms with E-state index in [9.17, 15) is 0 Å². The lowest BCUT2D eigenvalue weighted by Crippen LogP contribution is -2.46. The van der Waals surface area contributed by atoms with Gasteiger partial charge in [-0.25, -0.2) is 0 Å². The Bertz CT molecular complexity index is 264. The standard InChI is InChI=1S/C16H30N2/c1-12(17)13-7-9-18(10-8-13)16-4-2-3-15(11-16)14-5-6-14/h12-16H,2-11,17H2,1H3. The van der Waals surface area contributed by atoms with Crippen molar-refractivity contribution >= 4 is 0 Å². The minimum atomic E-state index is 0.401. The van der Waals surface area contributed by atoms with Crippen molar-refractivity contribution < 1.29 is 0 Å². The Hall–Kier alpha value is -0.0800. The van der Waals surface area contributed by atoms with E-state index in [0.717, 1.165) is 23.8 Å². The van der Waals surface area contributed by atoms with Gasteiger partial charge in [-0.2, -0.15) is 0 Å². The lowest BCUT2D eigenvalue weighted by molar-refractivity contribution is 0.0808. The van der Waals surface area contributed by atoms with Crippen LogP contribution in [0.1, 0.15) is 58.3 Å². The van der Waals surface area contributed by atoms with Gasteiger partial charge in [0.25, 0.3) is 0 Å². The molecular formula is C16H30N2. The van der Waals surface area contributed by atoms with Gasteiger partial charge in [0, 0.05) is 12.1 Å². The Labute approximate surface area is 112 Å². The second kappa shape index (κ2) is 5.50. The van der Waals surface area contributed by atoms with Crippen LogP contribution < -0.4 is 5.73 Å². The van der Waals surface area contributed by atoms with Crippen LogP contribution in [0.3, 0.4) is 0 Å². The Balaban J connectivity index is 1.49. The maximum absolute atomic E-state index is 6.04. The van der Waals surface area contributed by atoms with Crippen molar-refractivity contribution in [2.24, 2.45) is 23.5 Å². The molecule has 0 amide bonds. The molecule has 1 aliphatic heterocycles. The summed E-state index contributed by atoms with van der Waals surface area (Å²) in [7, 11) is 0. The van der Waals surface area contributed by atoms with Crippen molar-refractivity contribution in [3.8, 4) is 0 Å². The molecule has 0 spiro atoms. The van der Waals surface area contributed by atoms with Gasteiger partial charge in [-0.3, -0.25) is 0 Å². The van der Waals surface area contributed by atoms with Crippen LogP contribution in [0.15, 0.2) is 0 Å². The molecule has 0 aromatic heterocycles. The Morgan fingerprint density at radius 1 is 0.944 bits per heavy atom. The van der Waals surface area contributed by atoms with Gasteiger partial charge in [0.15, 0.2) is 0 Å². The van der Waals surface area contributed by atoms with E-state index in [1.807, 2.05) is 0 Å². The predicted octanol–water partition coefficient (Wildman–Crippen LogP) is 3.01. The number of nitrogens with zero attached hydrogens (tertiary/aromatic N) is 1. The quantitative estimate of drug-likeness (QED) is 0.834. The molecule has 2 heteroatoms. The maximum atomic E-state index is 6.04. The number of nitrogens with two attached hydrogens (primary N) is 1. The third kappa shape index (κ3) is 2.91. The number of likely N-dealkylation sites (tertiary alicyclic amines) is 1. The van der Waals surface area contributed by atoms with Crippen molar-refractivity contribution in [1.82, 2.24) is 4.90 Å². The highest BCUT2D eigenvalue weighted by molar-refractivity contribution is 4.90. The van der Waals surface area contributed by atoms with E-state index in [-0.39, 0.29) is 0 Å². The van der Waals surface area contributed by atoms with Crippen molar-refractivity contribution in [3.63, 3.8) is 0 Å². The SMILES string of the molecule is CC(N)C1CCN(C2CCCC(C3CC3)C2)CC1. The zero-order chi connectivity index (χ0) is 12.5. The van der Waals surface area contributed by atoms with Crippen LogP contribution >= 0.6 is 0 Å². The van der Waals surface area contributed by atoms with E-state index < -0.39 is 0 Å². The topological polar surface area (TPSA) is 29.3 Å². The van der Waals surface area contributed by atoms with Crippen molar-refractivity contribution in [2.45, 2.75) is 70.4 Å². The summed E-state index contributed by atoms with van der Waals surface area (Å²) in [6.07, 6.45) is 11.7. The highest BCUT2D eigenvalue weighted by Gasteiger charge is 2.37. The summed E-state index contributed by atoms with van der Waals surface area (Å²) in [6, 6.07) is 1.32. The zero-order valence-corrected chi connectivity index (χ0v) is 12.0. The molecular weight excluding hydrogens is 220 g/mol. The third-order valence-electron chi connectivity index (χ3n) is 5.81. The average Bonchev–Trinajstić information content (AvgIpc) is 3.23. The fraction of sp³-hybridized carbons (Fsp3) is 1.00. The minimum absolute atomic E-state index is 0.401. The van der Waals surface area contributed by atoms with Crippen LogP contribution in [0.4, 0.5) is 0 Å². The van der Waals surface area contributed by atoms with Crippen molar-refractivity contribution in [1.29, 1.82) is 0 Å². The van der Waals surface area contributed by atoms with Gasteiger partial charge >= 0.3 is 0 Å². The van der Waals surface area contributed by atoms with E-state index >= 15 is 0 Å². The molecule has 0 bridgehead atoms. The molecule has 1 saturated heterocycles. The maximum Gasteiger partial charge on any atom is 0.00980 e. The lowest BCUT2D eigenvalue weighted by atomic mass is 9.80. The van der Waals surface area contributed by atoms with Crippen LogP contribution in [0.2, 0.25) is 0 Å². The van der Waals surface area contributed by atoms with Gasteiger partial charge in [0.1, 0.15) is 0 Å². The highest BCUT2D eigenvalue weighted by atomic mass is 15.2. The van der Waals surface area contributed by atoms with E-state index in [2.05, 4.69) is 11.8 Å². The third-order valence-corrected chi connectivity index (χ3v) is 5.81. The molecule has 2 saturated carbocycles. The smallest absolute Gasteiger partial charge is 0.00980 e. The lowest BCUT2D eigenvalue weighted by Gasteiger charge is -2.42. The Morgan fingerprint density at radius 2 is 1.67 bits per heavy atom. The first-order valence-corrected chi connectivity index (χ1v) is 8.23. The monoisotopic (exact) mass is 250 g/mol. The number of piperidine rings is 1. The molecule has 3 fully saturated rings. The largest absolute Gasteiger partial charge is 0.328 e. The first kappa shape index (κ1) is 12.9. The van der Waals surface area contributed by atoms with Crippen LogP contribution in [-0.4, -0.2) is 30.1 Å². The first-order valence-electron chi connectivity index (χ1n) is 8.23. The van der Waals surface area contributed by atoms with Gasteiger partial charge < -0.3 is 10.6 Å². The summed E-state index contributed by atoms with van der Waals surface area (Å²) < 4.78 is 0. The van der Waals surface area contributed by atoms with Crippen molar-refractivity contribution in [3.05, 3.63) is 0 Å². The predicted molar refractivity (Wildman–Crippen MR) is 76.4 cm³/mol. The molecule has 18 heavy (non-hydrogen) atoms. The number of hydrogen-bond acceptors (Lipinski definition) is 2. The van der Waals surface area contributed by atoms with E-state index in [1.54, 1.807) is 0 Å². The summed E-state index contributed by atoms with van der Waals surface area (Å²) in [4.78, 5) is 2.80. The Morgan fingerprint density at radius 3 is 2.28 bits per heavy atom. The summed E-state index contributed by atoms with van der Waals surface area (Å²) >= 11 is 0. The van der Waals surface area contributed by atoms with E-state index in [4.69, 9.17) is 5.73 Å². The molecule has 0 aromatic rings. The molecule has 2 nitrogen and oxygen atoms in total. The Kier molecular flexibility index (Phi) is 3.95. The highest BCUT2D eigenvalue weighted by Crippen LogP contribution is 2.45. The second-order valence-electron chi connectivity index (χ2n) is 7.15. The summed E-state index contributed by atoms with van der Waals surface area (Å²) in [5.41, 5.74) is 6.04. The molecule has 3 atom stereocenters. The molecule has 2 aliphatic carbocycles. The number of rotatable bonds is 3. The molecule has 0 aromatic carbocycles. The van der Waals surface area contributed by atoms with Crippen LogP contribution in [-0.2, 0) is 0 Å². The summed E-state index contributed by atoms with van der Waals surface area (Å²) in [6.45, 7) is 4.81. The van der Waals surface area contributed by atoms with Gasteiger partial charge in [0.05, 0.1) is 0 Å². The average molecular weight is 250 g/mol. The first-order chi connectivity index (χ1) is 8.74. The van der Waals surface area contributed by atoms with Gasteiger partial charge in [-0.15, -0.1) is 0 Å². The number of hydrogen-bond donors (Lipinski definition) is 1. The molecule has 104 valence electrons. The molecule has 3 aliphatic rings. The minimum Gasteiger partial charge on any atom is -0.328 e. The van der Waals surface area contributed by atoms with Crippen LogP contribution in [0, 0.1) is 17.8 Å². The fourth-order valence-electron chi connectivity index (χ4n) is 4.34. The molecule has 3 unspecified atom stereocenters. The molecule has 3 rings (SSSR count). The summed E-state index contributed by atoms with van der Waals surface area (Å²) in [5.74, 6) is 2.98. The molecule has 1 heterocycles. The van der Waals surface area contributed by atoms with E-state index in [1.165, 1.54) is 64.5 Å². The van der Waals surface area contributed by atoms with Crippen LogP contribution in [0.25, 0.3) is 0 Å². The van der Waals surface area contributed by atoms with Crippen LogP contribution in [0.5, 0.6) is 0 Å².